The molecule has 0 amide bonds. The van der Waals surface area contributed by atoms with Crippen molar-refractivity contribution in [2.45, 2.75) is 13.3 Å². The minimum absolute atomic E-state index is 0.511. The van der Waals surface area contributed by atoms with Crippen LogP contribution < -0.4 is 24.8 Å². The molecule has 3 rings (SSSR count). The van der Waals surface area contributed by atoms with Crippen LogP contribution >= 0.6 is 0 Å². The Balaban J connectivity index is 1.68. The van der Waals surface area contributed by atoms with Gasteiger partial charge in [-0.25, -0.2) is 4.98 Å². The third kappa shape index (κ3) is 5.28. The summed E-state index contributed by atoms with van der Waals surface area (Å²) in [7, 11) is 4.90. The maximum absolute atomic E-state index is 5.41. The third-order valence-electron chi connectivity index (χ3n) is 4.39. The van der Waals surface area contributed by atoms with E-state index >= 15 is 0 Å². The number of nitrogens with zero attached hydrogens (tertiary/aromatic N) is 2. The van der Waals surface area contributed by atoms with E-state index in [4.69, 9.17) is 14.2 Å². The highest BCUT2D eigenvalue weighted by Crippen LogP contribution is 2.30. The van der Waals surface area contributed by atoms with E-state index in [1.807, 2.05) is 49.4 Å². The van der Waals surface area contributed by atoms with Gasteiger partial charge in [0.25, 0.3) is 0 Å². The molecule has 29 heavy (non-hydrogen) atoms. The van der Waals surface area contributed by atoms with Crippen molar-refractivity contribution in [3.8, 4) is 17.2 Å². The molecule has 0 aliphatic heterocycles. The Bertz CT molecular complexity index is 963. The van der Waals surface area contributed by atoms with Crippen LogP contribution in [0.2, 0.25) is 0 Å². The lowest BCUT2D eigenvalue weighted by Crippen LogP contribution is -2.09. The van der Waals surface area contributed by atoms with E-state index in [1.165, 1.54) is 0 Å². The van der Waals surface area contributed by atoms with E-state index in [0.717, 1.165) is 41.5 Å². The van der Waals surface area contributed by atoms with Crippen LogP contribution in [0.15, 0.2) is 48.5 Å². The Morgan fingerprint density at radius 3 is 2.34 bits per heavy atom. The van der Waals surface area contributed by atoms with Gasteiger partial charge in [0.05, 0.1) is 21.3 Å². The van der Waals surface area contributed by atoms with Gasteiger partial charge in [0, 0.05) is 30.1 Å². The first-order chi connectivity index (χ1) is 14.1. The number of nitrogens with one attached hydrogen (secondary N) is 2. The van der Waals surface area contributed by atoms with Crippen LogP contribution in [-0.4, -0.2) is 37.8 Å². The van der Waals surface area contributed by atoms with Crippen molar-refractivity contribution < 1.29 is 14.2 Å². The van der Waals surface area contributed by atoms with E-state index in [9.17, 15) is 0 Å². The van der Waals surface area contributed by atoms with E-state index in [2.05, 4.69) is 26.7 Å². The maximum atomic E-state index is 5.41. The van der Waals surface area contributed by atoms with Gasteiger partial charge < -0.3 is 24.8 Å². The topological polar surface area (TPSA) is 77.5 Å². The fraction of sp³-hybridized carbons (Fsp3) is 0.273. The summed E-state index contributed by atoms with van der Waals surface area (Å²) < 4.78 is 16.0. The highest BCUT2D eigenvalue weighted by molar-refractivity contribution is 5.60. The first-order valence-corrected chi connectivity index (χ1v) is 9.33. The molecule has 0 spiro atoms. The van der Waals surface area contributed by atoms with Gasteiger partial charge in [-0.1, -0.05) is 18.2 Å². The number of anilines is 3. The van der Waals surface area contributed by atoms with Crippen LogP contribution in [0.4, 0.5) is 17.5 Å². The molecule has 0 radical (unpaired) electrons. The van der Waals surface area contributed by atoms with Gasteiger partial charge in [-0.15, -0.1) is 0 Å². The van der Waals surface area contributed by atoms with Crippen molar-refractivity contribution in [3.05, 3.63) is 59.8 Å². The molecule has 0 saturated heterocycles. The highest BCUT2D eigenvalue weighted by atomic mass is 16.5. The number of methoxy groups -OCH3 is 3. The van der Waals surface area contributed by atoms with Crippen LogP contribution in [0, 0.1) is 6.92 Å². The first kappa shape index (κ1) is 20.3. The normalized spacial score (nSPS) is 10.3. The molecule has 3 aromatic rings. The average molecular weight is 394 g/mol. The Hall–Kier alpha value is -3.48. The van der Waals surface area contributed by atoms with Gasteiger partial charge >= 0.3 is 0 Å². The first-order valence-electron chi connectivity index (χ1n) is 9.33. The zero-order chi connectivity index (χ0) is 20.6. The summed E-state index contributed by atoms with van der Waals surface area (Å²) in [6.07, 6.45) is 0.825. The molecule has 0 atom stereocenters. The summed E-state index contributed by atoms with van der Waals surface area (Å²) in [5.74, 6) is 3.47. The second-order valence-electron chi connectivity index (χ2n) is 6.40. The van der Waals surface area contributed by atoms with Gasteiger partial charge in [-0.05, 0) is 37.1 Å². The molecule has 0 unspecified atom stereocenters. The zero-order valence-corrected chi connectivity index (χ0v) is 17.2. The van der Waals surface area contributed by atoms with Crippen molar-refractivity contribution in [2.24, 2.45) is 0 Å². The summed E-state index contributed by atoms with van der Waals surface area (Å²) in [4.78, 5) is 9.03. The fourth-order valence-electron chi connectivity index (χ4n) is 2.99. The smallest absolute Gasteiger partial charge is 0.229 e. The fourth-order valence-corrected chi connectivity index (χ4v) is 2.99. The number of hydrogen-bond acceptors (Lipinski definition) is 7. The van der Waals surface area contributed by atoms with Gasteiger partial charge in [0.2, 0.25) is 5.95 Å². The number of hydrogen-bond donors (Lipinski definition) is 2. The summed E-state index contributed by atoms with van der Waals surface area (Å²) in [5, 5.41) is 6.58. The molecule has 1 aromatic heterocycles. The molecular weight excluding hydrogens is 368 g/mol. The summed E-state index contributed by atoms with van der Waals surface area (Å²) in [6, 6.07) is 15.5. The number of ether oxygens (including phenoxy) is 3. The summed E-state index contributed by atoms with van der Waals surface area (Å²) in [5.41, 5.74) is 2.83. The van der Waals surface area contributed by atoms with Gasteiger partial charge in [-0.3, -0.25) is 0 Å². The second kappa shape index (κ2) is 9.64. The second-order valence-corrected chi connectivity index (χ2v) is 6.40. The zero-order valence-electron chi connectivity index (χ0n) is 17.2. The van der Waals surface area contributed by atoms with E-state index < -0.39 is 0 Å². The van der Waals surface area contributed by atoms with Crippen molar-refractivity contribution >= 4 is 17.5 Å². The van der Waals surface area contributed by atoms with Crippen LogP contribution in [0.3, 0.4) is 0 Å². The molecule has 0 aliphatic rings. The number of rotatable bonds is 9. The van der Waals surface area contributed by atoms with Crippen LogP contribution in [0.25, 0.3) is 0 Å². The minimum Gasteiger partial charge on any atom is -0.496 e. The number of aromatic nitrogens is 2. The summed E-state index contributed by atoms with van der Waals surface area (Å²) in [6.45, 7) is 2.67. The minimum atomic E-state index is 0.511. The van der Waals surface area contributed by atoms with Crippen molar-refractivity contribution in [2.75, 3.05) is 38.5 Å². The number of para-hydroxylation sites is 1. The maximum Gasteiger partial charge on any atom is 0.229 e. The standard InChI is InChI=1S/C22H26N4O3/c1-15-13-21(23-12-11-16-7-5-6-8-18(16)27-2)26-22(24-15)25-17-9-10-19(28-3)20(14-17)29-4/h5-10,13-14H,11-12H2,1-4H3,(H2,23,24,25,26). The molecule has 2 aromatic carbocycles. The SMILES string of the molecule is COc1ccccc1CCNc1cc(C)nc(Nc2ccc(OC)c(OC)c2)n1. The number of benzene rings is 2. The molecule has 7 heteroatoms. The lowest BCUT2D eigenvalue weighted by molar-refractivity contribution is 0.355. The van der Waals surface area contributed by atoms with E-state index in [1.54, 1.807) is 21.3 Å². The van der Waals surface area contributed by atoms with Gasteiger partial charge in [0.15, 0.2) is 11.5 Å². The number of aryl methyl sites for hydroxylation is 1. The van der Waals surface area contributed by atoms with Crippen molar-refractivity contribution in [1.82, 2.24) is 9.97 Å². The van der Waals surface area contributed by atoms with Crippen LogP contribution in [0.5, 0.6) is 17.2 Å². The Morgan fingerprint density at radius 2 is 1.59 bits per heavy atom. The highest BCUT2D eigenvalue weighted by Gasteiger charge is 2.08. The molecule has 0 bridgehead atoms. The Kier molecular flexibility index (Phi) is 6.73. The van der Waals surface area contributed by atoms with E-state index in [-0.39, 0.29) is 0 Å². The molecule has 1 heterocycles. The Labute approximate surface area is 171 Å². The monoisotopic (exact) mass is 394 g/mol. The lowest BCUT2D eigenvalue weighted by Gasteiger charge is -2.13. The molecule has 7 nitrogen and oxygen atoms in total. The predicted molar refractivity (Wildman–Crippen MR) is 115 cm³/mol. The van der Waals surface area contributed by atoms with Crippen LogP contribution in [-0.2, 0) is 6.42 Å². The lowest BCUT2D eigenvalue weighted by atomic mass is 10.1. The van der Waals surface area contributed by atoms with Crippen LogP contribution in [0.1, 0.15) is 11.3 Å². The molecule has 0 aliphatic carbocycles. The Morgan fingerprint density at radius 1 is 0.828 bits per heavy atom. The molecular formula is C22H26N4O3. The molecule has 152 valence electrons. The molecule has 0 saturated carbocycles. The predicted octanol–water partition coefficient (Wildman–Crippen LogP) is 4.21. The van der Waals surface area contributed by atoms with Crippen molar-refractivity contribution in [1.29, 1.82) is 0 Å². The molecule has 0 fully saturated rings. The quantitative estimate of drug-likeness (QED) is 0.563. The largest absolute Gasteiger partial charge is 0.496 e. The molecule has 2 N–H and O–H groups in total. The third-order valence-corrected chi connectivity index (χ3v) is 4.39. The summed E-state index contributed by atoms with van der Waals surface area (Å²) >= 11 is 0. The van der Waals surface area contributed by atoms with Gasteiger partial charge in [0.1, 0.15) is 11.6 Å². The van der Waals surface area contributed by atoms with E-state index in [0.29, 0.717) is 17.4 Å². The van der Waals surface area contributed by atoms with Crippen molar-refractivity contribution in [3.63, 3.8) is 0 Å². The average Bonchev–Trinajstić information content (AvgIpc) is 2.73. The van der Waals surface area contributed by atoms with Gasteiger partial charge in [-0.2, -0.15) is 4.98 Å².